The molecule has 2 aliphatic rings. The molecule has 1 aromatic heterocycles. The summed E-state index contributed by atoms with van der Waals surface area (Å²) in [5.41, 5.74) is 3.92. The van der Waals surface area contributed by atoms with Crippen LogP contribution in [0, 0.1) is 13.8 Å². The summed E-state index contributed by atoms with van der Waals surface area (Å²) in [6, 6.07) is 11.1. The second kappa shape index (κ2) is 7.35. The van der Waals surface area contributed by atoms with Gasteiger partial charge >= 0.3 is 6.03 Å². The molecule has 1 atom stereocenters. The van der Waals surface area contributed by atoms with Crippen molar-refractivity contribution in [3.63, 3.8) is 0 Å². The third-order valence-electron chi connectivity index (χ3n) is 5.85. The fourth-order valence-corrected chi connectivity index (χ4v) is 4.27. The van der Waals surface area contributed by atoms with Crippen LogP contribution in [0.5, 0.6) is 0 Å². The third-order valence-corrected chi connectivity index (χ3v) is 5.85. The molecule has 2 aliphatic heterocycles. The van der Waals surface area contributed by atoms with Crippen molar-refractivity contribution in [3.05, 3.63) is 41.7 Å². The van der Waals surface area contributed by atoms with Gasteiger partial charge in [-0.05, 0) is 70.5 Å². The standard InChI is InChI=1S/C21H29N5O/c1-15-12-17(3)26(23-15)19-9-7-18(8-10-19)22-21(27)24-13-20(14-24)25-11-5-4-6-16(25)2/h7-10,12,16,20H,4-6,11,13-14H2,1-3H3,(H,22,27). The number of benzene rings is 1. The van der Waals surface area contributed by atoms with Gasteiger partial charge in [-0.15, -0.1) is 0 Å². The van der Waals surface area contributed by atoms with Gasteiger partial charge in [-0.1, -0.05) is 6.42 Å². The molecule has 0 bridgehead atoms. The van der Waals surface area contributed by atoms with E-state index in [1.165, 1.54) is 25.8 Å². The van der Waals surface area contributed by atoms with Crippen molar-refractivity contribution in [3.8, 4) is 5.69 Å². The third kappa shape index (κ3) is 3.72. The van der Waals surface area contributed by atoms with E-state index in [0.717, 1.165) is 35.9 Å². The normalized spacial score (nSPS) is 21.1. The summed E-state index contributed by atoms with van der Waals surface area (Å²) in [5, 5.41) is 7.51. The first kappa shape index (κ1) is 18.0. The predicted molar refractivity (Wildman–Crippen MR) is 107 cm³/mol. The molecule has 1 unspecified atom stereocenters. The maximum absolute atomic E-state index is 12.5. The van der Waals surface area contributed by atoms with Gasteiger partial charge in [0, 0.05) is 36.6 Å². The topological polar surface area (TPSA) is 53.4 Å². The molecule has 1 aromatic carbocycles. The van der Waals surface area contributed by atoms with E-state index < -0.39 is 0 Å². The molecule has 1 N–H and O–H groups in total. The maximum Gasteiger partial charge on any atom is 0.321 e. The monoisotopic (exact) mass is 367 g/mol. The highest BCUT2D eigenvalue weighted by atomic mass is 16.2. The molecule has 2 aromatic rings. The minimum atomic E-state index is -0.00484. The van der Waals surface area contributed by atoms with E-state index in [-0.39, 0.29) is 6.03 Å². The molecule has 2 amide bonds. The van der Waals surface area contributed by atoms with E-state index >= 15 is 0 Å². The van der Waals surface area contributed by atoms with Gasteiger partial charge in [-0.2, -0.15) is 5.10 Å². The summed E-state index contributed by atoms with van der Waals surface area (Å²) in [7, 11) is 0. The van der Waals surface area contributed by atoms with Crippen LogP contribution in [0.3, 0.4) is 0 Å². The first-order valence-electron chi connectivity index (χ1n) is 9.96. The highest BCUT2D eigenvalue weighted by Crippen LogP contribution is 2.25. The van der Waals surface area contributed by atoms with Crippen molar-refractivity contribution in [2.24, 2.45) is 0 Å². The molecule has 0 radical (unpaired) electrons. The molecule has 6 heteroatoms. The number of carbonyl (C=O) groups is 1. The Morgan fingerprint density at radius 3 is 2.52 bits per heavy atom. The summed E-state index contributed by atoms with van der Waals surface area (Å²) >= 11 is 0. The summed E-state index contributed by atoms with van der Waals surface area (Å²) in [4.78, 5) is 17.0. The highest BCUT2D eigenvalue weighted by Gasteiger charge is 2.37. The van der Waals surface area contributed by atoms with Crippen LogP contribution in [-0.2, 0) is 0 Å². The molecular weight excluding hydrogens is 338 g/mol. The Kier molecular flexibility index (Phi) is 4.91. The first-order valence-corrected chi connectivity index (χ1v) is 9.96. The fourth-order valence-electron chi connectivity index (χ4n) is 4.27. The molecule has 0 saturated carbocycles. The Balaban J connectivity index is 1.32. The Morgan fingerprint density at radius 2 is 1.89 bits per heavy atom. The molecule has 4 rings (SSSR count). The lowest BCUT2D eigenvalue weighted by Crippen LogP contribution is -2.64. The molecule has 6 nitrogen and oxygen atoms in total. The van der Waals surface area contributed by atoms with Crippen LogP contribution in [0.25, 0.3) is 5.69 Å². The van der Waals surface area contributed by atoms with Crippen molar-refractivity contribution in [1.82, 2.24) is 19.6 Å². The van der Waals surface area contributed by atoms with Gasteiger partial charge in [0.25, 0.3) is 0 Å². The molecule has 144 valence electrons. The number of aromatic nitrogens is 2. The van der Waals surface area contributed by atoms with Crippen molar-refractivity contribution < 1.29 is 4.79 Å². The average molecular weight is 367 g/mol. The quantitative estimate of drug-likeness (QED) is 0.902. The van der Waals surface area contributed by atoms with Gasteiger partial charge in [0.1, 0.15) is 0 Å². The van der Waals surface area contributed by atoms with Crippen molar-refractivity contribution in [2.75, 3.05) is 25.0 Å². The predicted octanol–water partition coefficient (Wildman–Crippen LogP) is 3.58. The number of hydrogen-bond acceptors (Lipinski definition) is 3. The molecule has 3 heterocycles. The van der Waals surface area contributed by atoms with E-state index in [9.17, 15) is 4.79 Å². The second-order valence-electron chi connectivity index (χ2n) is 7.96. The van der Waals surface area contributed by atoms with Gasteiger partial charge in [0.15, 0.2) is 0 Å². The number of carbonyl (C=O) groups excluding carboxylic acids is 1. The lowest BCUT2D eigenvalue weighted by Gasteiger charge is -2.49. The Labute approximate surface area is 161 Å². The first-order chi connectivity index (χ1) is 13.0. The minimum Gasteiger partial charge on any atom is -0.321 e. The van der Waals surface area contributed by atoms with Crippen LogP contribution in [0.1, 0.15) is 37.6 Å². The molecule has 2 saturated heterocycles. The Bertz CT molecular complexity index is 806. The van der Waals surface area contributed by atoms with E-state index in [2.05, 4.69) is 28.3 Å². The SMILES string of the molecule is Cc1cc(C)n(-c2ccc(NC(=O)N3CC(N4CCCCC4C)C3)cc2)n1. The number of likely N-dealkylation sites (tertiary alicyclic amines) is 2. The zero-order valence-corrected chi connectivity index (χ0v) is 16.5. The van der Waals surface area contributed by atoms with Gasteiger partial charge in [-0.25, -0.2) is 9.48 Å². The summed E-state index contributed by atoms with van der Waals surface area (Å²) < 4.78 is 1.92. The van der Waals surface area contributed by atoms with Crippen LogP contribution in [0.2, 0.25) is 0 Å². The summed E-state index contributed by atoms with van der Waals surface area (Å²) in [6.07, 6.45) is 3.90. The Morgan fingerprint density at radius 1 is 1.15 bits per heavy atom. The second-order valence-corrected chi connectivity index (χ2v) is 7.96. The van der Waals surface area contributed by atoms with E-state index in [4.69, 9.17) is 0 Å². The number of urea groups is 1. The maximum atomic E-state index is 12.5. The van der Waals surface area contributed by atoms with Crippen LogP contribution in [0.4, 0.5) is 10.5 Å². The minimum absolute atomic E-state index is 0.00484. The van der Waals surface area contributed by atoms with E-state index in [1.807, 2.05) is 47.7 Å². The van der Waals surface area contributed by atoms with Crippen LogP contribution in [0.15, 0.2) is 30.3 Å². The van der Waals surface area contributed by atoms with Crippen LogP contribution < -0.4 is 5.32 Å². The number of piperidine rings is 1. The number of hydrogen-bond donors (Lipinski definition) is 1. The number of nitrogens with zero attached hydrogens (tertiary/aromatic N) is 4. The summed E-state index contributed by atoms with van der Waals surface area (Å²) in [5.74, 6) is 0. The highest BCUT2D eigenvalue weighted by molar-refractivity contribution is 5.90. The number of rotatable bonds is 3. The van der Waals surface area contributed by atoms with Gasteiger partial charge in [0.2, 0.25) is 0 Å². The van der Waals surface area contributed by atoms with E-state index in [0.29, 0.717) is 12.1 Å². The van der Waals surface area contributed by atoms with Gasteiger partial charge in [-0.3, -0.25) is 4.90 Å². The smallest absolute Gasteiger partial charge is 0.321 e. The zero-order chi connectivity index (χ0) is 19.0. The molecular formula is C21H29N5O. The van der Waals surface area contributed by atoms with Gasteiger partial charge < -0.3 is 10.2 Å². The number of nitrogens with one attached hydrogen (secondary N) is 1. The van der Waals surface area contributed by atoms with E-state index in [1.54, 1.807) is 0 Å². The number of anilines is 1. The summed E-state index contributed by atoms with van der Waals surface area (Å²) in [6.45, 7) is 9.18. The molecule has 27 heavy (non-hydrogen) atoms. The van der Waals surface area contributed by atoms with Crippen LogP contribution in [-0.4, -0.2) is 57.3 Å². The largest absolute Gasteiger partial charge is 0.321 e. The molecule has 0 spiro atoms. The molecule has 0 aliphatic carbocycles. The lowest BCUT2D eigenvalue weighted by atomic mass is 9.98. The van der Waals surface area contributed by atoms with Crippen molar-refractivity contribution in [2.45, 2.75) is 52.1 Å². The van der Waals surface area contributed by atoms with Crippen molar-refractivity contribution in [1.29, 1.82) is 0 Å². The van der Waals surface area contributed by atoms with Gasteiger partial charge in [0.05, 0.1) is 11.4 Å². The Hall–Kier alpha value is -2.34. The lowest BCUT2D eigenvalue weighted by molar-refractivity contribution is 0.0199. The van der Waals surface area contributed by atoms with Crippen LogP contribution >= 0.6 is 0 Å². The zero-order valence-electron chi connectivity index (χ0n) is 16.5. The van der Waals surface area contributed by atoms with Crippen molar-refractivity contribution >= 4 is 11.7 Å². The fraction of sp³-hybridized carbons (Fsp3) is 0.524. The average Bonchev–Trinajstić information content (AvgIpc) is 2.94. The molecule has 2 fully saturated rings. The number of amides is 2. The number of aryl methyl sites for hydroxylation is 2.